The fraction of sp³-hybridized carbons (Fsp3) is 0.188. The van der Waals surface area contributed by atoms with Gasteiger partial charge in [0.05, 0.1) is 11.0 Å². The van der Waals surface area contributed by atoms with Gasteiger partial charge in [0.1, 0.15) is 0 Å². The number of aromatic nitrogens is 1. The highest BCUT2D eigenvalue weighted by Crippen LogP contribution is 2.22. The average Bonchev–Trinajstić information content (AvgIpc) is 2.47. The fourth-order valence-electron chi connectivity index (χ4n) is 2.62. The molecule has 19 heavy (non-hydrogen) atoms. The van der Waals surface area contributed by atoms with Gasteiger partial charge in [0.2, 0.25) is 0 Å². The zero-order valence-electron chi connectivity index (χ0n) is 11.1. The molecule has 0 fully saturated rings. The second-order valence-electron chi connectivity index (χ2n) is 4.57. The number of fused-ring (bicyclic) bond motifs is 2. The lowest BCUT2D eigenvalue weighted by molar-refractivity contribution is 0.821. The Balaban J connectivity index is 2.58. The second kappa shape index (κ2) is 4.43. The number of nitrogens with zero attached hydrogens (tertiary/aromatic N) is 1. The van der Waals surface area contributed by atoms with Crippen molar-refractivity contribution in [2.75, 3.05) is 12.4 Å². The van der Waals surface area contributed by atoms with Gasteiger partial charge < -0.3 is 9.88 Å². The molecule has 1 aromatic heterocycles. The Kier molecular flexibility index (Phi) is 2.75. The molecule has 0 aliphatic rings. The molecule has 3 rings (SSSR count). The van der Waals surface area contributed by atoms with E-state index < -0.39 is 0 Å². The molecule has 0 atom stereocenters. The number of benzene rings is 2. The van der Waals surface area contributed by atoms with E-state index in [1.54, 1.807) is 0 Å². The largest absolute Gasteiger partial charge is 0.388 e. The van der Waals surface area contributed by atoms with Crippen molar-refractivity contribution in [2.45, 2.75) is 13.5 Å². The van der Waals surface area contributed by atoms with Gasteiger partial charge in [-0.3, -0.25) is 4.79 Å². The monoisotopic (exact) mass is 252 g/mol. The minimum absolute atomic E-state index is 0.109. The minimum atomic E-state index is 0.109. The number of nitrogens with one attached hydrogen (secondary N) is 1. The number of pyridine rings is 1. The smallest absolute Gasteiger partial charge is 0.197 e. The SMILES string of the molecule is CCn1c2ccccc2c(=O)c2ccc(NC)cc21. The Bertz CT molecular complexity index is 818. The topological polar surface area (TPSA) is 34.0 Å². The lowest BCUT2D eigenvalue weighted by Gasteiger charge is -2.14. The molecule has 0 amide bonds. The summed E-state index contributed by atoms with van der Waals surface area (Å²) in [4.78, 5) is 12.5. The van der Waals surface area contributed by atoms with Gasteiger partial charge in [-0.25, -0.2) is 0 Å². The van der Waals surface area contributed by atoms with Crippen LogP contribution in [0.1, 0.15) is 6.92 Å². The average molecular weight is 252 g/mol. The molecule has 0 saturated heterocycles. The zero-order valence-corrected chi connectivity index (χ0v) is 11.1. The number of rotatable bonds is 2. The Morgan fingerprint density at radius 3 is 2.53 bits per heavy atom. The summed E-state index contributed by atoms with van der Waals surface area (Å²) in [5, 5.41) is 4.69. The van der Waals surface area contributed by atoms with Gasteiger partial charge in [-0.15, -0.1) is 0 Å². The summed E-state index contributed by atoms with van der Waals surface area (Å²) < 4.78 is 2.19. The van der Waals surface area contributed by atoms with E-state index in [1.165, 1.54) is 0 Å². The van der Waals surface area contributed by atoms with Crippen molar-refractivity contribution < 1.29 is 0 Å². The van der Waals surface area contributed by atoms with Gasteiger partial charge in [-0.1, -0.05) is 12.1 Å². The first-order chi connectivity index (χ1) is 9.26. The van der Waals surface area contributed by atoms with E-state index in [0.717, 1.165) is 34.0 Å². The van der Waals surface area contributed by atoms with E-state index in [1.807, 2.05) is 49.5 Å². The van der Waals surface area contributed by atoms with Crippen LogP contribution >= 0.6 is 0 Å². The second-order valence-corrected chi connectivity index (χ2v) is 4.57. The highest BCUT2D eigenvalue weighted by molar-refractivity contribution is 5.94. The summed E-state index contributed by atoms with van der Waals surface area (Å²) in [5.41, 5.74) is 3.11. The number of aryl methyl sites for hydroxylation is 1. The lowest BCUT2D eigenvalue weighted by atomic mass is 10.1. The molecule has 3 aromatic rings. The standard InChI is InChI=1S/C16H16N2O/c1-3-18-14-7-5-4-6-12(14)16(19)13-9-8-11(17-2)10-15(13)18/h4-10,17H,3H2,1-2H3. The first-order valence-corrected chi connectivity index (χ1v) is 6.49. The quantitative estimate of drug-likeness (QED) is 0.710. The summed E-state index contributed by atoms with van der Waals surface area (Å²) >= 11 is 0. The molecule has 0 radical (unpaired) electrons. The van der Waals surface area contributed by atoms with Crippen LogP contribution in [0, 0.1) is 0 Å². The zero-order chi connectivity index (χ0) is 13.4. The van der Waals surface area contributed by atoms with Gasteiger partial charge in [0.25, 0.3) is 0 Å². The maximum absolute atomic E-state index is 12.5. The normalized spacial score (nSPS) is 11.1. The van der Waals surface area contributed by atoms with Crippen LogP contribution in [-0.4, -0.2) is 11.6 Å². The number of para-hydroxylation sites is 1. The Morgan fingerprint density at radius 1 is 1.05 bits per heavy atom. The summed E-state index contributed by atoms with van der Waals surface area (Å²) in [5.74, 6) is 0. The molecule has 0 saturated carbocycles. The van der Waals surface area contributed by atoms with Gasteiger partial charge in [-0.05, 0) is 37.3 Å². The lowest BCUT2D eigenvalue weighted by Crippen LogP contribution is -2.11. The molecule has 0 aliphatic heterocycles. The number of anilines is 1. The maximum atomic E-state index is 12.5. The molecular formula is C16H16N2O. The first kappa shape index (κ1) is 11.8. The van der Waals surface area contributed by atoms with Crippen molar-refractivity contribution in [1.82, 2.24) is 4.57 Å². The summed E-state index contributed by atoms with van der Waals surface area (Å²) in [7, 11) is 1.89. The summed E-state index contributed by atoms with van der Waals surface area (Å²) in [6.45, 7) is 2.94. The highest BCUT2D eigenvalue weighted by Gasteiger charge is 2.09. The van der Waals surface area contributed by atoms with Crippen LogP contribution in [-0.2, 0) is 6.54 Å². The third-order valence-corrected chi connectivity index (χ3v) is 3.58. The van der Waals surface area contributed by atoms with Crippen LogP contribution in [0.2, 0.25) is 0 Å². The van der Waals surface area contributed by atoms with E-state index in [4.69, 9.17) is 0 Å². The number of hydrogen-bond donors (Lipinski definition) is 1. The molecule has 1 heterocycles. The van der Waals surface area contributed by atoms with E-state index >= 15 is 0 Å². The summed E-state index contributed by atoms with van der Waals surface area (Å²) in [6, 6.07) is 13.7. The molecule has 3 heteroatoms. The van der Waals surface area contributed by atoms with E-state index in [0.29, 0.717) is 0 Å². The van der Waals surface area contributed by atoms with Crippen LogP contribution in [0.5, 0.6) is 0 Å². The van der Waals surface area contributed by atoms with Gasteiger partial charge in [-0.2, -0.15) is 0 Å². The van der Waals surface area contributed by atoms with Gasteiger partial charge >= 0.3 is 0 Å². The van der Waals surface area contributed by atoms with Crippen molar-refractivity contribution in [3.8, 4) is 0 Å². The molecule has 2 aromatic carbocycles. The molecule has 1 N–H and O–H groups in total. The Morgan fingerprint density at radius 2 is 1.79 bits per heavy atom. The van der Waals surface area contributed by atoms with Gasteiger partial charge in [0.15, 0.2) is 5.43 Å². The Labute approximate surface area is 111 Å². The van der Waals surface area contributed by atoms with E-state index in [-0.39, 0.29) is 5.43 Å². The molecule has 0 aliphatic carbocycles. The van der Waals surface area contributed by atoms with Crippen molar-refractivity contribution in [2.24, 2.45) is 0 Å². The fourth-order valence-corrected chi connectivity index (χ4v) is 2.62. The predicted molar refractivity (Wildman–Crippen MR) is 80.9 cm³/mol. The van der Waals surface area contributed by atoms with Crippen LogP contribution in [0.15, 0.2) is 47.3 Å². The van der Waals surface area contributed by atoms with Crippen LogP contribution in [0.25, 0.3) is 21.8 Å². The maximum Gasteiger partial charge on any atom is 0.197 e. The van der Waals surface area contributed by atoms with E-state index in [2.05, 4.69) is 16.8 Å². The molecular weight excluding hydrogens is 236 g/mol. The third-order valence-electron chi connectivity index (χ3n) is 3.58. The minimum Gasteiger partial charge on any atom is -0.388 e. The Hall–Kier alpha value is -2.29. The third kappa shape index (κ3) is 1.70. The van der Waals surface area contributed by atoms with Crippen LogP contribution in [0.4, 0.5) is 5.69 Å². The van der Waals surface area contributed by atoms with Crippen molar-refractivity contribution >= 4 is 27.5 Å². The van der Waals surface area contributed by atoms with Crippen LogP contribution < -0.4 is 10.7 Å². The predicted octanol–water partition coefficient (Wildman–Crippen LogP) is 3.22. The highest BCUT2D eigenvalue weighted by atomic mass is 16.1. The number of hydrogen-bond acceptors (Lipinski definition) is 2. The molecule has 0 bridgehead atoms. The van der Waals surface area contributed by atoms with E-state index in [9.17, 15) is 4.79 Å². The molecule has 0 unspecified atom stereocenters. The molecule has 96 valence electrons. The van der Waals surface area contributed by atoms with Crippen molar-refractivity contribution in [1.29, 1.82) is 0 Å². The molecule has 0 spiro atoms. The van der Waals surface area contributed by atoms with Gasteiger partial charge in [0, 0.05) is 30.1 Å². The van der Waals surface area contributed by atoms with Crippen molar-refractivity contribution in [3.05, 3.63) is 52.7 Å². The van der Waals surface area contributed by atoms with Crippen molar-refractivity contribution in [3.63, 3.8) is 0 Å². The first-order valence-electron chi connectivity index (χ1n) is 6.49. The van der Waals surface area contributed by atoms with Crippen LogP contribution in [0.3, 0.4) is 0 Å². The summed E-state index contributed by atoms with van der Waals surface area (Å²) in [6.07, 6.45) is 0. The molecule has 3 nitrogen and oxygen atoms in total.